The molecule has 0 bridgehead atoms. The molecule has 3 nitrogen and oxygen atoms in total. The predicted octanol–water partition coefficient (Wildman–Crippen LogP) is 6.63. The Morgan fingerprint density at radius 1 is 1.00 bits per heavy atom. The zero-order chi connectivity index (χ0) is 19.6. The van der Waals surface area contributed by atoms with E-state index in [4.69, 9.17) is 9.47 Å². The zero-order valence-corrected chi connectivity index (χ0v) is 16.6. The molecule has 3 aromatic rings. The molecule has 0 spiro atoms. The summed E-state index contributed by atoms with van der Waals surface area (Å²) in [5.41, 5.74) is 1.50. The molecule has 0 N–H and O–H groups in total. The van der Waals surface area contributed by atoms with Crippen LogP contribution in [-0.2, 0) is 10.3 Å². The number of thiophene rings is 1. The van der Waals surface area contributed by atoms with Gasteiger partial charge in [0.05, 0.1) is 0 Å². The summed E-state index contributed by atoms with van der Waals surface area (Å²) in [6.45, 7) is 7.31. The van der Waals surface area contributed by atoms with E-state index in [2.05, 4.69) is 10.8 Å². The van der Waals surface area contributed by atoms with Gasteiger partial charge in [0.15, 0.2) is 4.90 Å². The van der Waals surface area contributed by atoms with Crippen molar-refractivity contribution in [3.8, 4) is 10.6 Å². The molecular weight excluding hydrogens is 363 g/mol. The molecular formula is C22H22FO3S+. The summed E-state index contributed by atoms with van der Waals surface area (Å²) in [5, 5.41) is 4.29. The van der Waals surface area contributed by atoms with Gasteiger partial charge < -0.3 is 9.47 Å². The van der Waals surface area contributed by atoms with Crippen LogP contribution in [0.25, 0.3) is 4.90 Å². The molecule has 0 aliphatic heterocycles. The van der Waals surface area contributed by atoms with Crippen LogP contribution in [-0.4, -0.2) is 6.16 Å². The van der Waals surface area contributed by atoms with Gasteiger partial charge in [-0.1, -0.05) is 12.1 Å². The number of benzene rings is 2. The Morgan fingerprint density at radius 3 is 2.11 bits per heavy atom. The quantitative estimate of drug-likeness (QED) is 0.287. The van der Waals surface area contributed by atoms with Gasteiger partial charge in [0, 0.05) is 22.6 Å². The van der Waals surface area contributed by atoms with Gasteiger partial charge in [0.2, 0.25) is 0 Å². The molecule has 0 aliphatic rings. The van der Waals surface area contributed by atoms with E-state index in [1.807, 2.05) is 38.1 Å². The molecule has 0 saturated carbocycles. The third-order valence-corrected chi connectivity index (χ3v) is 6.01. The summed E-state index contributed by atoms with van der Waals surface area (Å²) in [5.74, 6) is 0.172. The minimum Gasteiger partial charge on any atom is -0.423 e. The zero-order valence-electron chi connectivity index (χ0n) is 15.8. The first-order valence-corrected chi connectivity index (χ1v) is 9.96. The maximum absolute atomic E-state index is 13.1. The van der Waals surface area contributed by atoms with Gasteiger partial charge in [-0.25, -0.2) is 9.18 Å². The van der Waals surface area contributed by atoms with Crippen molar-refractivity contribution < 1.29 is 18.7 Å². The lowest BCUT2D eigenvalue weighted by molar-refractivity contribution is 0.00607. The first kappa shape index (κ1) is 19.1. The molecule has 2 aromatic carbocycles. The molecule has 0 fully saturated rings. The fourth-order valence-electron chi connectivity index (χ4n) is 2.89. The van der Waals surface area contributed by atoms with Crippen molar-refractivity contribution in [2.75, 3.05) is 0 Å². The number of carbonyl (C=O) groups excluding carboxylic acids is 1. The van der Waals surface area contributed by atoms with Crippen molar-refractivity contribution in [3.63, 3.8) is 0 Å². The lowest BCUT2D eigenvalue weighted by atomic mass is 9.98. The number of halogens is 1. The van der Waals surface area contributed by atoms with Crippen LogP contribution < -0.4 is 4.74 Å². The fraction of sp³-hybridized carbons (Fsp3) is 0.227. The average molecular weight is 385 g/mol. The molecule has 0 amide bonds. The summed E-state index contributed by atoms with van der Waals surface area (Å²) >= 11 is 0. The monoisotopic (exact) mass is 385 g/mol. The second-order valence-corrected chi connectivity index (χ2v) is 8.65. The van der Waals surface area contributed by atoms with E-state index in [0.717, 1.165) is 11.1 Å². The minimum atomic E-state index is -0.937. The lowest BCUT2D eigenvalue weighted by Gasteiger charge is -2.25. The molecule has 140 valence electrons. The molecule has 1 aromatic heterocycles. The summed E-state index contributed by atoms with van der Waals surface area (Å²) in [6, 6.07) is 14.0. The van der Waals surface area contributed by atoms with E-state index in [1.54, 1.807) is 26.0 Å². The predicted molar refractivity (Wildman–Crippen MR) is 106 cm³/mol. The van der Waals surface area contributed by atoms with Gasteiger partial charge in [-0.2, -0.15) is 0 Å². The van der Waals surface area contributed by atoms with Gasteiger partial charge in [-0.3, -0.25) is 0 Å². The number of ether oxygens (including phenoxy) is 2. The molecule has 3 rings (SSSR count). The van der Waals surface area contributed by atoms with Crippen molar-refractivity contribution in [1.82, 2.24) is 0 Å². The largest absolute Gasteiger partial charge is 0.514 e. The number of hydrogen-bond donors (Lipinski definition) is 0. The van der Waals surface area contributed by atoms with Crippen LogP contribution in [0.5, 0.6) is 5.75 Å². The standard InChI is InChI=1S/C22H22FO3S/c1-15-13-19(27-11-5-6-12-27)14-16(2)20(15)25-21(24)26-22(3,4)17-7-9-18(23)10-8-17/h5-14H,1-4H3/q+1. The molecule has 1 heterocycles. The van der Waals surface area contributed by atoms with Crippen LogP contribution in [0.2, 0.25) is 0 Å². The fourth-order valence-corrected chi connectivity index (χ4v) is 4.44. The number of rotatable bonds is 4. The third-order valence-electron chi connectivity index (χ3n) is 4.33. The summed E-state index contributed by atoms with van der Waals surface area (Å²) in [7, 11) is -0.0384. The molecule has 5 heteroatoms. The SMILES string of the molecule is Cc1cc(-[s+]2cccc2)cc(C)c1OC(=O)OC(C)(C)c1ccc(F)cc1. The Morgan fingerprint density at radius 2 is 1.56 bits per heavy atom. The van der Waals surface area contributed by atoms with Crippen molar-refractivity contribution >= 4 is 16.6 Å². The third kappa shape index (κ3) is 4.37. The Bertz CT molecular complexity index is 921. The van der Waals surface area contributed by atoms with Crippen LogP contribution in [0.3, 0.4) is 0 Å². The van der Waals surface area contributed by atoms with Gasteiger partial charge in [0.1, 0.15) is 27.9 Å². The summed E-state index contributed by atoms with van der Waals surface area (Å²) in [4.78, 5) is 13.6. The number of hydrogen-bond acceptors (Lipinski definition) is 3. The first-order valence-electron chi connectivity index (χ1n) is 8.61. The first-order chi connectivity index (χ1) is 12.8. The van der Waals surface area contributed by atoms with Crippen molar-refractivity contribution in [2.24, 2.45) is 0 Å². The normalized spacial score (nSPS) is 11.3. The maximum atomic E-state index is 13.1. The molecule has 27 heavy (non-hydrogen) atoms. The van der Waals surface area contributed by atoms with Crippen LogP contribution in [0.1, 0.15) is 30.5 Å². The highest BCUT2D eigenvalue weighted by Gasteiger charge is 2.27. The van der Waals surface area contributed by atoms with Crippen LogP contribution in [0.4, 0.5) is 9.18 Å². The maximum Gasteiger partial charge on any atom is 0.514 e. The van der Waals surface area contributed by atoms with Gasteiger partial charge in [-0.05, 0) is 68.7 Å². The minimum absolute atomic E-state index is 0.0384. The summed E-state index contributed by atoms with van der Waals surface area (Å²) < 4.78 is 24.1. The molecule has 0 unspecified atom stereocenters. The van der Waals surface area contributed by atoms with Crippen molar-refractivity contribution in [1.29, 1.82) is 0 Å². The Hall–Kier alpha value is -2.66. The van der Waals surface area contributed by atoms with Crippen LogP contribution >= 0.6 is 10.5 Å². The highest BCUT2D eigenvalue weighted by molar-refractivity contribution is 7.36. The molecule has 0 aliphatic carbocycles. The highest BCUT2D eigenvalue weighted by Crippen LogP contribution is 2.36. The van der Waals surface area contributed by atoms with Crippen molar-refractivity contribution in [3.05, 3.63) is 81.8 Å². The molecule has 0 saturated heterocycles. The highest BCUT2D eigenvalue weighted by atomic mass is 32.2. The Kier molecular flexibility index (Phi) is 5.33. The smallest absolute Gasteiger partial charge is 0.423 e. The van der Waals surface area contributed by atoms with Gasteiger partial charge in [0.25, 0.3) is 0 Å². The second-order valence-electron chi connectivity index (χ2n) is 6.89. The van der Waals surface area contributed by atoms with Crippen LogP contribution in [0, 0.1) is 19.7 Å². The second kappa shape index (κ2) is 7.53. The molecule has 0 radical (unpaired) electrons. The average Bonchev–Trinajstić information content (AvgIpc) is 3.12. The van der Waals surface area contributed by atoms with E-state index in [1.165, 1.54) is 17.0 Å². The van der Waals surface area contributed by atoms with E-state index >= 15 is 0 Å². The van der Waals surface area contributed by atoms with Gasteiger partial charge >= 0.3 is 6.16 Å². The van der Waals surface area contributed by atoms with E-state index in [9.17, 15) is 9.18 Å². The van der Waals surface area contributed by atoms with E-state index < -0.39 is 11.8 Å². The Balaban J connectivity index is 1.77. The van der Waals surface area contributed by atoms with Crippen molar-refractivity contribution in [2.45, 2.75) is 33.3 Å². The topological polar surface area (TPSA) is 35.5 Å². The van der Waals surface area contributed by atoms with Crippen LogP contribution in [0.15, 0.2) is 59.3 Å². The van der Waals surface area contributed by atoms with E-state index in [0.29, 0.717) is 11.3 Å². The van der Waals surface area contributed by atoms with E-state index in [-0.39, 0.29) is 16.3 Å². The lowest BCUT2D eigenvalue weighted by Crippen LogP contribution is -2.27. The summed E-state index contributed by atoms with van der Waals surface area (Å²) in [6.07, 6.45) is -0.786. The molecule has 0 atom stereocenters. The Labute approximate surface area is 161 Å². The number of aryl methyl sites for hydroxylation is 2. The number of carbonyl (C=O) groups is 1. The van der Waals surface area contributed by atoms with Gasteiger partial charge in [-0.15, -0.1) is 0 Å².